The van der Waals surface area contributed by atoms with Crippen molar-refractivity contribution in [3.63, 3.8) is 0 Å². The van der Waals surface area contributed by atoms with Gasteiger partial charge in [0.1, 0.15) is 0 Å². The molecule has 0 aromatic heterocycles. The van der Waals surface area contributed by atoms with Crippen molar-refractivity contribution in [3.05, 3.63) is 0 Å². The summed E-state index contributed by atoms with van der Waals surface area (Å²) in [5.74, 6) is 0. The Kier molecular flexibility index (Phi) is 4.81. The molecule has 0 amide bonds. The molecule has 4 nitrogen and oxygen atoms in total. The fraction of sp³-hybridized carbons (Fsp3) is 1.00. The number of rotatable bonds is 5. The first-order valence-electron chi connectivity index (χ1n) is 6.90. The molecule has 1 rings (SSSR count). The highest BCUT2D eigenvalue weighted by molar-refractivity contribution is 4.89. The molecule has 1 atom stereocenters. The molecule has 1 unspecified atom stereocenters. The van der Waals surface area contributed by atoms with Gasteiger partial charge in [-0.1, -0.05) is 0 Å². The van der Waals surface area contributed by atoms with E-state index in [-0.39, 0.29) is 11.2 Å². The van der Waals surface area contributed by atoms with E-state index in [0.717, 1.165) is 32.5 Å². The summed E-state index contributed by atoms with van der Waals surface area (Å²) in [4.78, 5) is 2.43. The van der Waals surface area contributed by atoms with E-state index in [1.807, 2.05) is 0 Å². The van der Waals surface area contributed by atoms with Crippen LogP contribution >= 0.6 is 0 Å². The zero-order chi connectivity index (χ0) is 14.0. The number of hydrogen-bond acceptors (Lipinski definition) is 4. The van der Waals surface area contributed by atoms with Gasteiger partial charge in [0.2, 0.25) is 0 Å². The highest BCUT2D eigenvalue weighted by Crippen LogP contribution is 2.28. The average molecular weight is 258 g/mol. The van der Waals surface area contributed by atoms with Crippen molar-refractivity contribution in [2.75, 3.05) is 26.2 Å². The van der Waals surface area contributed by atoms with Crippen LogP contribution in [0.4, 0.5) is 0 Å². The Morgan fingerprint density at radius 2 is 1.72 bits per heavy atom. The molecule has 1 fully saturated rings. The zero-order valence-corrected chi connectivity index (χ0v) is 12.6. The highest BCUT2D eigenvalue weighted by atomic mass is 16.5. The maximum Gasteiger partial charge on any atom is 0.0760 e. The Bertz CT molecular complexity index is 259. The van der Waals surface area contributed by atoms with Crippen molar-refractivity contribution in [2.24, 2.45) is 5.73 Å². The normalized spacial score (nSPS) is 26.8. The molecule has 1 aliphatic rings. The number of aliphatic hydroxyl groups is 1. The van der Waals surface area contributed by atoms with Crippen molar-refractivity contribution in [1.82, 2.24) is 4.90 Å². The van der Waals surface area contributed by atoms with Crippen LogP contribution < -0.4 is 5.73 Å². The van der Waals surface area contributed by atoms with Gasteiger partial charge < -0.3 is 15.6 Å². The first-order chi connectivity index (χ1) is 8.05. The van der Waals surface area contributed by atoms with Crippen molar-refractivity contribution in [2.45, 2.75) is 64.3 Å². The fourth-order valence-corrected chi connectivity index (χ4v) is 2.89. The number of ether oxygens (including phenoxy) is 1. The summed E-state index contributed by atoms with van der Waals surface area (Å²) in [5.41, 5.74) is 4.61. The molecule has 0 aromatic carbocycles. The number of hydrogen-bond donors (Lipinski definition) is 2. The third-order valence-corrected chi connectivity index (χ3v) is 3.39. The quantitative estimate of drug-likeness (QED) is 0.782. The second kappa shape index (κ2) is 5.45. The van der Waals surface area contributed by atoms with Gasteiger partial charge in [-0.15, -0.1) is 0 Å². The van der Waals surface area contributed by atoms with E-state index in [4.69, 9.17) is 10.5 Å². The second-order valence-electron chi connectivity index (χ2n) is 7.14. The van der Waals surface area contributed by atoms with Gasteiger partial charge in [0.15, 0.2) is 0 Å². The van der Waals surface area contributed by atoms with Gasteiger partial charge in [0.05, 0.1) is 16.8 Å². The monoisotopic (exact) mass is 258 g/mol. The third kappa shape index (κ3) is 5.22. The van der Waals surface area contributed by atoms with Crippen LogP contribution in [0.2, 0.25) is 0 Å². The van der Waals surface area contributed by atoms with E-state index < -0.39 is 5.60 Å². The lowest BCUT2D eigenvalue weighted by Gasteiger charge is -2.47. The van der Waals surface area contributed by atoms with Crippen molar-refractivity contribution in [1.29, 1.82) is 0 Å². The van der Waals surface area contributed by atoms with Gasteiger partial charge >= 0.3 is 0 Å². The van der Waals surface area contributed by atoms with E-state index in [9.17, 15) is 5.11 Å². The smallest absolute Gasteiger partial charge is 0.0760 e. The largest absolute Gasteiger partial charge is 0.389 e. The van der Waals surface area contributed by atoms with Crippen LogP contribution in [0.1, 0.15) is 47.5 Å². The molecule has 1 saturated heterocycles. The van der Waals surface area contributed by atoms with Crippen LogP contribution in [-0.2, 0) is 4.74 Å². The Hall–Kier alpha value is -0.160. The molecular weight excluding hydrogens is 228 g/mol. The molecule has 18 heavy (non-hydrogen) atoms. The van der Waals surface area contributed by atoms with E-state index in [1.54, 1.807) is 6.92 Å². The van der Waals surface area contributed by atoms with Gasteiger partial charge in [-0.05, 0) is 54.0 Å². The molecule has 0 radical (unpaired) electrons. The lowest BCUT2D eigenvalue weighted by molar-refractivity contribution is -0.180. The van der Waals surface area contributed by atoms with Gasteiger partial charge in [0.25, 0.3) is 0 Å². The SMILES string of the molecule is CC(O)(CN)CCCN1CC(C)(C)OC(C)(C)C1. The molecule has 108 valence electrons. The average Bonchev–Trinajstić information content (AvgIpc) is 2.12. The van der Waals surface area contributed by atoms with Gasteiger partial charge in [-0.25, -0.2) is 0 Å². The lowest BCUT2D eigenvalue weighted by Crippen LogP contribution is -2.57. The number of nitrogens with zero attached hydrogens (tertiary/aromatic N) is 1. The summed E-state index contributed by atoms with van der Waals surface area (Å²) in [6.45, 7) is 13.6. The van der Waals surface area contributed by atoms with E-state index in [0.29, 0.717) is 6.54 Å². The Morgan fingerprint density at radius 1 is 1.22 bits per heavy atom. The molecule has 0 bridgehead atoms. The molecule has 1 aliphatic heterocycles. The van der Waals surface area contributed by atoms with Crippen LogP contribution in [0, 0.1) is 0 Å². The van der Waals surface area contributed by atoms with Crippen LogP contribution in [0.5, 0.6) is 0 Å². The summed E-state index contributed by atoms with van der Waals surface area (Å²) in [7, 11) is 0. The molecule has 0 saturated carbocycles. The topological polar surface area (TPSA) is 58.7 Å². The lowest BCUT2D eigenvalue weighted by atomic mass is 9.97. The maximum absolute atomic E-state index is 9.89. The number of nitrogens with two attached hydrogens (primary N) is 1. The van der Waals surface area contributed by atoms with Gasteiger partial charge in [-0.3, -0.25) is 4.90 Å². The summed E-state index contributed by atoms with van der Waals surface area (Å²) in [6, 6.07) is 0. The van der Waals surface area contributed by atoms with Crippen molar-refractivity contribution in [3.8, 4) is 0 Å². The third-order valence-electron chi connectivity index (χ3n) is 3.39. The maximum atomic E-state index is 9.89. The minimum absolute atomic E-state index is 0.0991. The van der Waals surface area contributed by atoms with Crippen LogP contribution in [0.3, 0.4) is 0 Å². The fourth-order valence-electron chi connectivity index (χ4n) is 2.89. The summed E-state index contributed by atoms with van der Waals surface area (Å²) < 4.78 is 6.05. The molecule has 0 spiro atoms. The first-order valence-corrected chi connectivity index (χ1v) is 6.90. The van der Waals surface area contributed by atoms with Crippen molar-refractivity contribution >= 4 is 0 Å². The predicted molar refractivity (Wildman–Crippen MR) is 74.6 cm³/mol. The Labute approximate surface area is 111 Å². The van der Waals surface area contributed by atoms with E-state index in [2.05, 4.69) is 32.6 Å². The number of morpholine rings is 1. The van der Waals surface area contributed by atoms with Crippen molar-refractivity contribution < 1.29 is 9.84 Å². The minimum Gasteiger partial charge on any atom is -0.389 e. The Morgan fingerprint density at radius 3 is 2.17 bits per heavy atom. The standard InChI is InChI=1S/C14H30N2O2/c1-12(2)10-16(11-13(3,4)18-12)8-6-7-14(5,17)9-15/h17H,6-11,15H2,1-5H3. The van der Waals surface area contributed by atoms with Gasteiger partial charge in [-0.2, -0.15) is 0 Å². The van der Waals surface area contributed by atoms with Gasteiger partial charge in [0, 0.05) is 19.6 Å². The zero-order valence-electron chi connectivity index (χ0n) is 12.6. The highest BCUT2D eigenvalue weighted by Gasteiger charge is 2.37. The Balaban J connectivity index is 2.43. The van der Waals surface area contributed by atoms with Crippen LogP contribution in [0.25, 0.3) is 0 Å². The summed E-state index contributed by atoms with van der Waals surface area (Å²) in [5, 5.41) is 9.89. The molecule has 0 aromatic rings. The summed E-state index contributed by atoms with van der Waals surface area (Å²) >= 11 is 0. The van der Waals surface area contributed by atoms with E-state index in [1.165, 1.54) is 0 Å². The molecule has 0 aliphatic carbocycles. The van der Waals surface area contributed by atoms with Crippen LogP contribution in [0.15, 0.2) is 0 Å². The minimum atomic E-state index is -0.725. The second-order valence-corrected chi connectivity index (χ2v) is 7.14. The van der Waals surface area contributed by atoms with Crippen LogP contribution in [-0.4, -0.2) is 53.0 Å². The first kappa shape index (κ1) is 15.9. The molecule has 4 heteroatoms. The van der Waals surface area contributed by atoms with E-state index >= 15 is 0 Å². The molecule has 1 heterocycles. The summed E-state index contributed by atoms with van der Waals surface area (Å²) in [6.07, 6.45) is 1.72. The molecular formula is C14H30N2O2. The molecule has 3 N–H and O–H groups in total. The predicted octanol–water partition coefficient (Wildman–Crippen LogP) is 1.37.